The summed E-state index contributed by atoms with van der Waals surface area (Å²) in [6.45, 7) is 0. The standard InChI is InChI=1S/C18H15BrN2O4S/c19-14-3-1-12(2-4-14)17-6-5-16(25-17)9-13(10-20)18(22)21-15-7-8-26(23,24)11-15/h1-6,9,15H,7-8,11H2,(H,21,22)/b13-9+/t15-/m1/s1. The van der Waals surface area contributed by atoms with Crippen LogP contribution in [0.3, 0.4) is 0 Å². The normalized spacial score (nSPS) is 19.1. The number of amides is 1. The number of hydrogen-bond acceptors (Lipinski definition) is 5. The smallest absolute Gasteiger partial charge is 0.262 e. The molecule has 1 amide bonds. The first-order chi connectivity index (χ1) is 12.4. The average Bonchev–Trinajstić information content (AvgIpc) is 3.19. The molecule has 1 aromatic heterocycles. The van der Waals surface area contributed by atoms with Crippen LogP contribution in [0.25, 0.3) is 17.4 Å². The Kier molecular flexibility index (Phi) is 5.30. The molecule has 0 radical (unpaired) electrons. The average molecular weight is 435 g/mol. The van der Waals surface area contributed by atoms with Crippen LogP contribution in [0.2, 0.25) is 0 Å². The van der Waals surface area contributed by atoms with E-state index < -0.39 is 21.8 Å². The van der Waals surface area contributed by atoms with Gasteiger partial charge in [-0.1, -0.05) is 28.1 Å². The molecule has 0 aliphatic carbocycles. The highest BCUT2D eigenvalue weighted by atomic mass is 79.9. The Morgan fingerprint density at radius 1 is 1.27 bits per heavy atom. The molecule has 1 saturated heterocycles. The monoisotopic (exact) mass is 434 g/mol. The number of benzene rings is 1. The number of nitrogens with one attached hydrogen (secondary N) is 1. The van der Waals surface area contributed by atoms with Crippen LogP contribution >= 0.6 is 15.9 Å². The van der Waals surface area contributed by atoms with Crippen molar-refractivity contribution in [1.29, 1.82) is 5.26 Å². The molecule has 26 heavy (non-hydrogen) atoms. The van der Waals surface area contributed by atoms with Crippen molar-refractivity contribution in [2.75, 3.05) is 11.5 Å². The lowest BCUT2D eigenvalue weighted by atomic mass is 10.2. The van der Waals surface area contributed by atoms with Crippen molar-refractivity contribution in [3.8, 4) is 17.4 Å². The number of sulfone groups is 1. The van der Waals surface area contributed by atoms with Gasteiger partial charge in [0.05, 0.1) is 11.5 Å². The molecule has 8 heteroatoms. The van der Waals surface area contributed by atoms with Crippen LogP contribution < -0.4 is 5.32 Å². The summed E-state index contributed by atoms with van der Waals surface area (Å²) in [7, 11) is -3.10. The van der Waals surface area contributed by atoms with E-state index in [1.165, 1.54) is 6.08 Å². The number of nitriles is 1. The van der Waals surface area contributed by atoms with Gasteiger partial charge < -0.3 is 9.73 Å². The zero-order valence-corrected chi connectivity index (χ0v) is 16.0. The third kappa shape index (κ3) is 4.42. The lowest BCUT2D eigenvalue weighted by Crippen LogP contribution is -2.36. The number of nitrogens with zero attached hydrogens (tertiary/aromatic N) is 1. The van der Waals surface area contributed by atoms with Gasteiger partial charge in [-0.3, -0.25) is 4.79 Å². The fourth-order valence-corrected chi connectivity index (χ4v) is 4.60. The van der Waals surface area contributed by atoms with E-state index in [4.69, 9.17) is 4.42 Å². The molecule has 0 unspecified atom stereocenters. The minimum Gasteiger partial charge on any atom is -0.457 e. The van der Waals surface area contributed by atoms with Crippen molar-refractivity contribution in [2.24, 2.45) is 0 Å². The number of halogens is 1. The summed E-state index contributed by atoms with van der Waals surface area (Å²) in [4.78, 5) is 12.2. The molecule has 0 spiro atoms. The van der Waals surface area contributed by atoms with Crippen LogP contribution in [-0.2, 0) is 14.6 Å². The Bertz CT molecular complexity index is 1000. The third-order valence-electron chi connectivity index (χ3n) is 3.97. The molecule has 6 nitrogen and oxygen atoms in total. The zero-order valence-electron chi connectivity index (χ0n) is 13.6. The van der Waals surface area contributed by atoms with Crippen molar-refractivity contribution in [1.82, 2.24) is 5.32 Å². The van der Waals surface area contributed by atoms with Gasteiger partial charge in [0.25, 0.3) is 5.91 Å². The van der Waals surface area contributed by atoms with Crippen LogP contribution in [0.4, 0.5) is 0 Å². The Morgan fingerprint density at radius 3 is 2.62 bits per heavy atom. The van der Waals surface area contributed by atoms with Crippen molar-refractivity contribution in [3.05, 3.63) is 52.2 Å². The molecular formula is C18H15BrN2O4S. The minimum absolute atomic E-state index is 0.0539. The summed E-state index contributed by atoms with van der Waals surface area (Å²) in [5.74, 6) is 0.345. The van der Waals surface area contributed by atoms with Gasteiger partial charge in [0, 0.05) is 22.2 Å². The number of carbonyl (C=O) groups is 1. The van der Waals surface area contributed by atoms with E-state index in [9.17, 15) is 18.5 Å². The van der Waals surface area contributed by atoms with E-state index in [1.807, 2.05) is 30.3 Å². The predicted molar refractivity (Wildman–Crippen MR) is 101 cm³/mol. The number of hydrogen-bond donors (Lipinski definition) is 1. The summed E-state index contributed by atoms with van der Waals surface area (Å²) < 4.78 is 29.6. The molecule has 1 aromatic carbocycles. The van der Waals surface area contributed by atoms with Gasteiger partial charge in [0.15, 0.2) is 9.84 Å². The molecule has 3 rings (SSSR count). The molecule has 1 atom stereocenters. The van der Waals surface area contributed by atoms with Crippen molar-refractivity contribution < 1.29 is 17.6 Å². The van der Waals surface area contributed by atoms with Crippen molar-refractivity contribution in [3.63, 3.8) is 0 Å². The molecule has 1 N–H and O–H groups in total. The van der Waals surface area contributed by atoms with Gasteiger partial charge in [-0.2, -0.15) is 5.26 Å². The highest BCUT2D eigenvalue weighted by Crippen LogP contribution is 2.25. The summed E-state index contributed by atoms with van der Waals surface area (Å²) in [5.41, 5.74) is 0.734. The summed E-state index contributed by atoms with van der Waals surface area (Å²) in [5, 5.41) is 11.8. The Morgan fingerprint density at radius 2 is 2.00 bits per heavy atom. The van der Waals surface area contributed by atoms with E-state index in [0.29, 0.717) is 17.9 Å². The Hall–Kier alpha value is -2.37. The molecule has 2 heterocycles. The minimum atomic E-state index is -3.10. The fraction of sp³-hybridized carbons (Fsp3) is 0.222. The first-order valence-corrected chi connectivity index (χ1v) is 10.5. The van der Waals surface area contributed by atoms with E-state index in [1.54, 1.807) is 12.1 Å². The summed E-state index contributed by atoms with van der Waals surface area (Å²) in [6.07, 6.45) is 1.71. The van der Waals surface area contributed by atoms with Gasteiger partial charge in [0.1, 0.15) is 23.2 Å². The second kappa shape index (κ2) is 7.48. The van der Waals surface area contributed by atoms with E-state index in [2.05, 4.69) is 21.2 Å². The second-order valence-electron chi connectivity index (χ2n) is 5.95. The maximum atomic E-state index is 12.2. The van der Waals surface area contributed by atoms with Gasteiger partial charge in [-0.15, -0.1) is 0 Å². The van der Waals surface area contributed by atoms with E-state index in [0.717, 1.165) is 10.0 Å². The Balaban J connectivity index is 1.74. The van der Waals surface area contributed by atoms with Crippen LogP contribution in [0.15, 0.2) is 50.9 Å². The van der Waals surface area contributed by atoms with Crippen molar-refractivity contribution >= 4 is 37.8 Å². The quantitative estimate of drug-likeness (QED) is 0.588. The SMILES string of the molecule is N#C/C(=C\c1ccc(-c2ccc(Br)cc2)o1)C(=O)N[C@@H]1CCS(=O)(=O)C1. The van der Waals surface area contributed by atoms with Crippen LogP contribution in [0.5, 0.6) is 0 Å². The number of carbonyl (C=O) groups excluding carboxylic acids is 1. The van der Waals surface area contributed by atoms with Crippen LogP contribution in [0.1, 0.15) is 12.2 Å². The maximum absolute atomic E-state index is 12.2. The first-order valence-electron chi connectivity index (χ1n) is 7.85. The van der Waals surface area contributed by atoms with E-state index in [-0.39, 0.29) is 17.1 Å². The summed E-state index contributed by atoms with van der Waals surface area (Å²) >= 11 is 3.37. The second-order valence-corrected chi connectivity index (χ2v) is 9.10. The fourth-order valence-electron chi connectivity index (χ4n) is 2.66. The topological polar surface area (TPSA) is 100 Å². The van der Waals surface area contributed by atoms with Crippen LogP contribution in [-0.4, -0.2) is 31.9 Å². The lowest BCUT2D eigenvalue weighted by molar-refractivity contribution is -0.117. The lowest BCUT2D eigenvalue weighted by Gasteiger charge is -2.09. The highest BCUT2D eigenvalue weighted by Gasteiger charge is 2.29. The largest absolute Gasteiger partial charge is 0.457 e. The highest BCUT2D eigenvalue weighted by molar-refractivity contribution is 9.10. The molecule has 134 valence electrons. The zero-order chi connectivity index (χ0) is 18.7. The molecule has 2 aromatic rings. The van der Waals surface area contributed by atoms with Gasteiger partial charge >= 0.3 is 0 Å². The van der Waals surface area contributed by atoms with E-state index >= 15 is 0 Å². The molecule has 1 fully saturated rings. The maximum Gasteiger partial charge on any atom is 0.262 e. The molecule has 0 bridgehead atoms. The Labute approximate surface area is 159 Å². The molecule has 1 aliphatic heterocycles. The molecule has 0 saturated carbocycles. The first kappa shape index (κ1) is 18.4. The van der Waals surface area contributed by atoms with Gasteiger partial charge in [-0.25, -0.2) is 8.42 Å². The van der Waals surface area contributed by atoms with Gasteiger partial charge in [-0.05, 0) is 30.7 Å². The van der Waals surface area contributed by atoms with Crippen LogP contribution in [0, 0.1) is 11.3 Å². The summed E-state index contributed by atoms with van der Waals surface area (Å²) in [6, 6.07) is 12.3. The predicted octanol–water partition coefficient (Wildman–Crippen LogP) is 2.92. The molecular weight excluding hydrogens is 420 g/mol. The number of furan rings is 1. The van der Waals surface area contributed by atoms with Gasteiger partial charge in [0.2, 0.25) is 0 Å². The number of rotatable bonds is 4. The van der Waals surface area contributed by atoms with Crippen molar-refractivity contribution in [2.45, 2.75) is 12.5 Å². The molecule has 1 aliphatic rings. The third-order valence-corrected chi connectivity index (χ3v) is 6.27.